The number of sulfonamides is 1. The molecule has 4 aromatic rings. The number of hydrogen-bond acceptors (Lipinski definition) is 8. The average Bonchev–Trinajstić information content (AvgIpc) is 2.96. The van der Waals surface area contributed by atoms with Gasteiger partial charge in [-0.1, -0.05) is 23.7 Å². The molecule has 0 radical (unpaired) electrons. The predicted molar refractivity (Wildman–Crippen MR) is 160 cm³/mol. The SMILES string of the molecule is Cc1cc(NS(=O)(=O)c2ccccc2Cl)cc(F)c1Oc1ncccc1-c1ccnc(NC2CCC(NC(=O)O)CC2)n1. The summed E-state index contributed by atoms with van der Waals surface area (Å²) < 4.78 is 49.3. The molecule has 2 aromatic heterocycles. The molecular formula is C29H28ClFN6O5S. The Morgan fingerprint density at radius 2 is 1.77 bits per heavy atom. The van der Waals surface area contributed by atoms with E-state index in [0.29, 0.717) is 35.6 Å². The molecule has 0 atom stereocenters. The van der Waals surface area contributed by atoms with Gasteiger partial charge in [-0.3, -0.25) is 4.72 Å². The highest BCUT2D eigenvalue weighted by atomic mass is 35.5. The first-order valence-electron chi connectivity index (χ1n) is 13.4. The summed E-state index contributed by atoms with van der Waals surface area (Å²) >= 11 is 6.04. The van der Waals surface area contributed by atoms with Crippen LogP contribution in [0.3, 0.4) is 0 Å². The molecule has 0 aliphatic heterocycles. The van der Waals surface area contributed by atoms with Crippen LogP contribution in [0, 0.1) is 12.7 Å². The Balaban J connectivity index is 1.33. The van der Waals surface area contributed by atoms with Crippen molar-refractivity contribution in [1.29, 1.82) is 0 Å². The van der Waals surface area contributed by atoms with Gasteiger partial charge in [0.15, 0.2) is 11.6 Å². The molecule has 14 heteroatoms. The number of nitrogens with one attached hydrogen (secondary N) is 3. The Morgan fingerprint density at radius 1 is 1.02 bits per heavy atom. The van der Waals surface area contributed by atoms with Gasteiger partial charge in [-0.2, -0.15) is 0 Å². The molecule has 43 heavy (non-hydrogen) atoms. The Kier molecular flexibility index (Phi) is 8.92. The number of ether oxygens (including phenoxy) is 1. The van der Waals surface area contributed by atoms with Gasteiger partial charge >= 0.3 is 6.09 Å². The van der Waals surface area contributed by atoms with Crippen LogP contribution in [0.15, 0.2) is 71.9 Å². The third-order valence-electron chi connectivity index (χ3n) is 6.90. The minimum atomic E-state index is -4.06. The number of rotatable bonds is 9. The van der Waals surface area contributed by atoms with Crippen molar-refractivity contribution in [3.63, 3.8) is 0 Å². The van der Waals surface area contributed by atoms with Gasteiger partial charge in [0.1, 0.15) is 4.90 Å². The highest BCUT2D eigenvalue weighted by Crippen LogP contribution is 2.35. The Morgan fingerprint density at radius 3 is 2.49 bits per heavy atom. The van der Waals surface area contributed by atoms with E-state index in [1.54, 1.807) is 37.4 Å². The number of halogens is 2. The summed E-state index contributed by atoms with van der Waals surface area (Å²) in [5.74, 6) is -0.440. The van der Waals surface area contributed by atoms with Crippen LogP contribution in [-0.4, -0.2) is 46.7 Å². The zero-order valence-electron chi connectivity index (χ0n) is 22.9. The number of nitrogens with zero attached hydrogens (tertiary/aromatic N) is 3. The molecule has 1 saturated carbocycles. The van der Waals surface area contributed by atoms with E-state index in [0.717, 1.165) is 18.9 Å². The maximum Gasteiger partial charge on any atom is 0.404 e. The number of benzene rings is 2. The number of amides is 1. The Hall–Kier alpha value is -4.49. The molecule has 1 fully saturated rings. The van der Waals surface area contributed by atoms with E-state index in [4.69, 9.17) is 21.4 Å². The zero-order chi connectivity index (χ0) is 30.6. The lowest BCUT2D eigenvalue weighted by Gasteiger charge is -2.28. The van der Waals surface area contributed by atoms with Crippen molar-refractivity contribution in [2.45, 2.75) is 49.6 Å². The first kappa shape index (κ1) is 30.0. The minimum absolute atomic E-state index is 0.00260. The van der Waals surface area contributed by atoms with Gasteiger partial charge in [0.05, 0.1) is 22.0 Å². The molecule has 0 spiro atoms. The average molecular weight is 627 g/mol. The lowest BCUT2D eigenvalue weighted by Crippen LogP contribution is -2.39. The minimum Gasteiger partial charge on any atom is -0.465 e. The Bertz CT molecular complexity index is 1730. The van der Waals surface area contributed by atoms with Gasteiger partial charge < -0.3 is 20.5 Å². The van der Waals surface area contributed by atoms with E-state index in [1.165, 1.54) is 30.5 Å². The molecule has 4 N–H and O–H groups in total. The van der Waals surface area contributed by atoms with Gasteiger partial charge in [-0.05, 0) is 74.6 Å². The number of anilines is 2. The van der Waals surface area contributed by atoms with Gasteiger partial charge in [0.25, 0.3) is 10.0 Å². The smallest absolute Gasteiger partial charge is 0.404 e. The molecule has 2 aromatic carbocycles. The third-order valence-corrected chi connectivity index (χ3v) is 8.78. The number of aromatic nitrogens is 3. The number of carboxylic acid groups (broad SMARTS) is 1. The van der Waals surface area contributed by atoms with Crippen LogP contribution in [0.5, 0.6) is 11.6 Å². The van der Waals surface area contributed by atoms with Crippen LogP contribution in [-0.2, 0) is 10.0 Å². The summed E-state index contributed by atoms with van der Waals surface area (Å²) in [7, 11) is -4.06. The fourth-order valence-corrected chi connectivity index (χ4v) is 6.43. The second-order valence-corrected chi connectivity index (χ2v) is 12.1. The quantitative estimate of drug-likeness (QED) is 0.169. The number of hydrogen-bond donors (Lipinski definition) is 4. The van der Waals surface area contributed by atoms with Gasteiger partial charge in [0.2, 0.25) is 11.8 Å². The second kappa shape index (κ2) is 12.8. The molecule has 0 bridgehead atoms. The van der Waals surface area contributed by atoms with Gasteiger partial charge in [-0.25, -0.2) is 32.6 Å². The van der Waals surface area contributed by atoms with E-state index >= 15 is 4.39 Å². The normalized spacial score (nSPS) is 16.7. The van der Waals surface area contributed by atoms with E-state index < -0.39 is 21.9 Å². The molecule has 1 aliphatic carbocycles. The molecule has 0 saturated heterocycles. The molecule has 0 unspecified atom stereocenters. The molecule has 1 aliphatic rings. The topological polar surface area (TPSA) is 155 Å². The molecule has 2 heterocycles. The van der Waals surface area contributed by atoms with E-state index in [1.807, 2.05) is 0 Å². The summed E-state index contributed by atoms with van der Waals surface area (Å²) in [6.45, 7) is 1.59. The molecule has 5 rings (SSSR count). The van der Waals surface area contributed by atoms with Gasteiger partial charge in [-0.15, -0.1) is 0 Å². The van der Waals surface area contributed by atoms with Crippen molar-refractivity contribution in [2.24, 2.45) is 0 Å². The number of pyridine rings is 1. The summed E-state index contributed by atoms with van der Waals surface area (Å²) in [6, 6.07) is 13.5. The lowest BCUT2D eigenvalue weighted by molar-refractivity contribution is 0.185. The molecule has 1 amide bonds. The van der Waals surface area contributed by atoms with Gasteiger partial charge in [0, 0.05) is 30.5 Å². The van der Waals surface area contributed by atoms with Crippen LogP contribution in [0.4, 0.5) is 20.8 Å². The maximum atomic E-state index is 15.3. The van der Waals surface area contributed by atoms with Crippen LogP contribution in [0.2, 0.25) is 5.02 Å². The van der Waals surface area contributed by atoms with E-state index in [9.17, 15) is 13.2 Å². The fraction of sp³-hybridized carbons (Fsp3) is 0.241. The standard InChI is InChI=1S/C29H28ClFN6O5S/c1-17-15-20(37-43(40,41)25-7-3-2-6-22(25)30)16-23(31)26(17)42-27-21(5-4-13-32-27)24-12-14-33-28(36-24)34-18-8-10-19(11-9-18)35-29(38)39/h2-7,12-16,18-19,35,37H,8-11H2,1H3,(H,38,39)(H,33,34,36). The fourth-order valence-electron chi connectivity index (χ4n) is 4.87. The van der Waals surface area contributed by atoms with Crippen molar-refractivity contribution in [2.75, 3.05) is 10.0 Å². The second-order valence-electron chi connectivity index (χ2n) is 10.0. The first-order chi connectivity index (χ1) is 20.6. The van der Waals surface area contributed by atoms with E-state index in [2.05, 4.69) is 30.3 Å². The summed E-state index contributed by atoms with van der Waals surface area (Å²) in [5, 5.41) is 14.8. The van der Waals surface area contributed by atoms with Crippen LogP contribution < -0.4 is 20.1 Å². The summed E-state index contributed by atoms with van der Waals surface area (Å²) in [4.78, 5) is 24.0. The van der Waals surface area contributed by atoms with Crippen molar-refractivity contribution in [1.82, 2.24) is 20.3 Å². The van der Waals surface area contributed by atoms with E-state index in [-0.39, 0.29) is 39.3 Å². The van der Waals surface area contributed by atoms with Crippen molar-refractivity contribution < 1.29 is 27.4 Å². The molecule has 11 nitrogen and oxygen atoms in total. The highest BCUT2D eigenvalue weighted by molar-refractivity contribution is 7.92. The maximum absolute atomic E-state index is 15.3. The summed E-state index contributed by atoms with van der Waals surface area (Å²) in [5.41, 5.74) is 1.31. The van der Waals surface area contributed by atoms with Crippen LogP contribution in [0.25, 0.3) is 11.3 Å². The highest BCUT2D eigenvalue weighted by Gasteiger charge is 2.24. The largest absolute Gasteiger partial charge is 0.465 e. The Labute approximate surface area is 252 Å². The molecular weight excluding hydrogens is 599 g/mol. The summed E-state index contributed by atoms with van der Waals surface area (Å²) in [6.07, 6.45) is 4.98. The predicted octanol–water partition coefficient (Wildman–Crippen LogP) is 6.22. The lowest BCUT2D eigenvalue weighted by atomic mass is 9.91. The van der Waals surface area contributed by atoms with Crippen LogP contribution in [0.1, 0.15) is 31.2 Å². The molecule has 224 valence electrons. The zero-order valence-corrected chi connectivity index (χ0v) is 24.5. The van der Waals surface area contributed by atoms with Crippen molar-refractivity contribution >= 4 is 39.4 Å². The number of aryl methyl sites for hydroxylation is 1. The van der Waals surface area contributed by atoms with Crippen LogP contribution >= 0.6 is 11.6 Å². The third kappa shape index (κ3) is 7.30. The van der Waals surface area contributed by atoms with Crippen molar-refractivity contribution in [3.05, 3.63) is 83.4 Å². The first-order valence-corrected chi connectivity index (χ1v) is 15.2. The number of carbonyl (C=O) groups is 1. The van der Waals surface area contributed by atoms with Crippen molar-refractivity contribution in [3.8, 4) is 22.9 Å². The monoisotopic (exact) mass is 626 g/mol.